The molecule has 198 valence electrons. The molecule has 2 aliphatic heterocycles. The Morgan fingerprint density at radius 1 is 1.14 bits per heavy atom. The number of ether oxygens (including phenoxy) is 3. The normalized spacial score (nSPS) is 35.7. The summed E-state index contributed by atoms with van der Waals surface area (Å²) in [6.45, 7) is 11.8. The SMILES string of the molecule is COc1ccc(C2(CC[NH2+]CC3C(=O)OC4CC5(C)CCCC(C)=C5CC43)CCOC(C)(C)C2)cc1. The highest BCUT2D eigenvalue weighted by molar-refractivity contribution is 5.75. The second kappa shape index (κ2) is 9.79. The van der Waals surface area contributed by atoms with Crippen molar-refractivity contribution in [2.75, 3.05) is 26.8 Å². The second-order valence-electron chi connectivity index (χ2n) is 12.9. The van der Waals surface area contributed by atoms with Gasteiger partial charge < -0.3 is 19.5 Å². The van der Waals surface area contributed by atoms with Crippen molar-refractivity contribution in [3.8, 4) is 5.75 Å². The van der Waals surface area contributed by atoms with Gasteiger partial charge in [0.1, 0.15) is 17.8 Å². The van der Waals surface area contributed by atoms with E-state index in [1.807, 2.05) is 0 Å². The van der Waals surface area contributed by atoms with Crippen LogP contribution in [0.5, 0.6) is 5.75 Å². The summed E-state index contributed by atoms with van der Waals surface area (Å²) < 4.78 is 17.5. The number of carbonyl (C=O) groups is 1. The first kappa shape index (κ1) is 25.8. The van der Waals surface area contributed by atoms with Crippen molar-refractivity contribution in [2.24, 2.45) is 17.3 Å². The third kappa shape index (κ3) is 4.86. The predicted molar refractivity (Wildman–Crippen MR) is 141 cm³/mol. The Labute approximate surface area is 217 Å². The molecular weight excluding hydrogens is 450 g/mol. The molecule has 0 radical (unpaired) electrons. The van der Waals surface area contributed by atoms with Gasteiger partial charge in [0.05, 0.1) is 25.8 Å². The summed E-state index contributed by atoms with van der Waals surface area (Å²) in [6.07, 6.45) is 9.02. The van der Waals surface area contributed by atoms with Gasteiger partial charge in [-0.15, -0.1) is 0 Å². The lowest BCUT2D eigenvalue weighted by Crippen LogP contribution is -2.86. The topological polar surface area (TPSA) is 61.4 Å². The van der Waals surface area contributed by atoms with Gasteiger partial charge in [0.15, 0.2) is 0 Å². The quantitative estimate of drug-likeness (QED) is 0.330. The fourth-order valence-electron chi connectivity index (χ4n) is 8.08. The molecule has 2 saturated heterocycles. The first-order chi connectivity index (χ1) is 17.1. The largest absolute Gasteiger partial charge is 0.497 e. The summed E-state index contributed by atoms with van der Waals surface area (Å²) in [6, 6.07) is 8.63. The number of hydrogen-bond donors (Lipinski definition) is 1. The number of nitrogens with two attached hydrogens (primary N) is 1. The Balaban J connectivity index is 1.25. The summed E-state index contributed by atoms with van der Waals surface area (Å²) in [7, 11) is 1.72. The highest BCUT2D eigenvalue weighted by Crippen LogP contribution is 2.54. The molecule has 1 aromatic rings. The molecule has 5 unspecified atom stereocenters. The highest BCUT2D eigenvalue weighted by Gasteiger charge is 2.53. The average molecular weight is 497 g/mol. The molecule has 5 atom stereocenters. The minimum Gasteiger partial charge on any atom is -0.497 e. The van der Waals surface area contributed by atoms with Gasteiger partial charge in [-0.3, -0.25) is 4.79 Å². The molecule has 0 amide bonds. The van der Waals surface area contributed by atoms with Gasteiger partial charge in [-0.25, -0.2) is 0 Å². The molecule has 5 nitrogen and oxygen atoms in total. The summed E-state index contributed by atoms with van der Waals surface area (Å²) >= 11 is 0. The van der Waals surface area contributed by atoms with Crippen LogP contribution in [0.2, 0.25) is 0 Å². The molecule has 0 aromatic heterocycles. The highest BCUT2D eigenvalue weighted by atomic mass is 16.6. The van der Waals surface area contributed by atoms with Gasteiger partial charge in [0, 0.05) is 24.4 Å². The molecule has 0 bridgehead atoms. The molecule has 1 saturated carbocycles. The number of carbonyl (C=O) groups excluding carboxylic acids is 1. The average Bonchev–Trinajstić information content (AvgIpc) is 3.13. The minimum absolute atomic E-state index is 0.0184. The van der Waals surface area contributed by atoms with E-state index in [0.29, 0.717) is 5.92 Å². The van der Waals surface area contributed by atoms with Crippen molar-refractivity contribution in [3.63, 3.8) is 0 Å². The van der Waals surface area contributed by atoms with Gasteiger partial charge in [-0.1, -0.05) is 30.2 Å². The Morgan fingerprint density at radius 3 is 2.64 bits per heavy atom. The number of methoxy groups -OCH3 is 1. The lowest BCUT2D eigenvalue weighted by molar-refractivity contribution is -0.660. The van der Waals surface area contributed by atoms with Crippen LogP contribution in [0.25, 0.3) is 0 Å². The van der Waals surface area contributed by atoms with Gasteiger partial charge in [0.25, 0.3) is 0 Å². The van der Waals surface area contributed by atoms with Crippen molar-refractivity contribution in [3.05, 3.63) is 41.0 Å². The van der Waals surface area contributed by atoms with Crippen LogP contribution in [-0.4, -0.2) is 44.5 Å². The number of allylic oxidation sites excluding steroid dienone is 2. The summed E-state index contributed by atoms with van der Waals surface area (Å²) in [5, 5.41) is 2.39. The standard InChI is InChI=1S/C31H45NO4/c1-21-7-6-12-30(4)18-27-24(17-26(21)30)25(28(33)36-27)19-32-15-13-31(14-16-35-29(2,3)20-31)22-8-10-23(34-5)11-9-22/h8-11,24-25,27,32H,6-7,12-20H2,1-5H3/p+1. The number of hydrogen-bond acceptors (Lipinski definition) is 4. The number of quaternary nitrogens is 1. The van der Waals surface area contributed by atoms with E-state index < -0.39 is 0 Å². The molecule has 36 heavy (non-hydrogen) atoms. The molecule has 3 fully saturated rings. The van der Waals surface area contributed by atoms with Gasteiger partial charge in [-0.2, -0.15) is 0 Å². The molecule has 2 N–H and O–H groups in total. The van der Waals surface area contributed by atoms with Crippen molar-refractivity contribution in [1.29, 1.82) is 0 Å². The fraction of sp³-hybridized carbons (Fsp3) is 0.710. The monoisotopic (exact) mass is 496 g/mol. The third-order valence-corrected chi connectivity index (χ3v) is 9.97. The predicted octanol–water partition coefficient (Wildman–Crippen LogP) is 4.93. The molecule has 1 aromatic carbocycles. The zero-order valence-electron chi connectivity index (χ0n) is 23.0. The maximum absolute atomic E-state index is 13.0. The lowest BCUT2D eigenvalue weighted by Gasteiger charge is -2.45. The number of fused-ring (bicyclic) bond motifs is 2. The number of rotatable bonds is 7. The summed E-state index contributed by atoms with van der Waals surface area (Å²) in [5.74, 6) is 1.30. The van der Waals surface area contributed by atoms with Crippen LogP contribution in [0.3, 0.4) is 0 Å². The Bertz CT molecular complexity index is 998. The van der Waals surface area contributed by atoms with E-state index in [9.17, 15) is 4.79 Å². The van der Waals surface area contributed by atoms with Crippen LogP contribution in [0, 0.1) is 17.3 Å². The number of benzene rings is 1. The van der Waals surface area contributed by atoms with E-state index >= 15 is 0 Å². The Morgan fingerprint density at radius 2 is 1.92 bits per heavy atom. The van der Waals surface area contributed by atoms with Gasteiger partial charge in [-0.05, 0) is 88.8 Å². The summed E-state index contributed by atoms with van der Waals surface area (Å²) in [4.78, 5) is 13.0. The maximum atomic E-state index is 13.0. The number of esters is 1. The van der Waals surface area contributed by atoms with Crippen LogP contribution in [0.1, 0.15) is 84.6 Å². The molecular formula is C31H46NO4+. The van der Waals surface area contributed by atoms with Crippen molar-refractivity contribution in [2.45, 2.75) is 96.2 Å². The van der Waals surface area contributed by atoms with Crippen LogP contribution < -0.4 is 10.1 Å². The molecule has 4 aliphatic rings. The van der Waals surface area contributed by atoms with E-state index in [-0.39, 0.29) is 34.4 Å². The first-order valence-corrected chi connectivity index (χ1v) is 14.1. The zero-order valence-corrected chi connectivity index (χ0v) is 23.0. The first-order valence-electron chi connectivity index (χ1n) is 14.1. The Hall–Kier alpha value is -1.85. The second-order valence-corrected chi connectivity index (χ2v) is 12.9. The van der Waals surface area contributed by atoms with E-state index in [1.54, 1.807) is 18.3 Å². The van der Waals surface area contributed by atoms with Crippen molar-refractivity contribution < 1.29 is 24.3 Å². The van der Waals surface area contributed by atoms with Crippen LogP contribution in [0.4, 0.5) is 0 Å². The van der Waals surface area contributed by atoms with E-state index in [4.69, 9.17) is 14.2 Å². The molecule has 0 spiro atoms. The van der Waals surface area contributed by atoms with E-state index in [2.05, 4.69) is 57.3 Å². The zero-order chi connectivity index (χ0) is 25.6. The van der Waals surface area contributed by atoms with Gasteiger partial charge >= 0.3 is 5.97 Å². The molecule has 2 aliphatic carbocycles. The molecule has 5 heteroatoms. The Kier molecular flexibility index (Phi) is 7.01. The van der Waals surface area contributed by atoms with Crippen LogP contribution >= 0.6 is 0 Å². The van der Waals surface area contributed by atoms with E-state index in [0.717, 1.165) is 57.6 Å². The third-order valence-electron chi connectivity index (χ3n) is 9.97. The van der Waals surface area contributed by atoms with Crippen molar-refractivity contribution >= 4 is 5.97 Å². The van der Waals surface area contributed by atoms with E-state index in [1.165, 1.54) is 24.8 Å². The lowest BCUT2D eigenvalue weighted by atomic mass is 9.59. The maximum Gasteiger partial charge on any atom is 0.315 e. The van der Waals surface area contributed by atoms with Crippen LogP contribution in [0.15, 0.2) is 35.4 Å². The smallest absolute Gasteiger partial charge is 0.315 e. The minimum atomic E-state index is -0.138. The summed E-state index contributed by atoms with van der Waals surface area (Å²) in [5.41, 5.74) is 4.78. The molecule has 2 heterocycles. The fourth-order valence-corrected chi connectivity index (χ4v) is 8.08. The van der Waals surface area contributed by atoms with Crippen molar-refractivity contribution in [1.82, 2.24) is 0 Å². The van der Waals surface area contributed by atoms with Crippen LogP contribution in [-0.2, 0) is 19.7 Å². The van der Waals surface area contributed by atoms with Gasteiger partial charge in [0.2, 0.25) is 0 Å². The molecule has 5 rings (SSSR count).